The zero-order valence-electron chi connectivity index (χ0n) is 19.3. The Morgan fingerprint density at radius 1 is 0.543 bits per heavy atom. The highest BCUT2D eigenvalue weighted by Crippen LogP contribution is 2.58. The van der Waals surface area contributed by atoms with Crippen molar-refractivity contribution < 1.29 is 0 Å². The van der Waals surface area contributed by atoms with Gasteiger partial charge < -0.3 is 4.90 Å². The van der Waals surface area contributed by atoms with Crippen LogP contribution in [-0.4, -0.2) is 4.98 Å². The Balaban J connectivity index is 1.38. The van der Waals surface area contributed by atoms with Crippen LogP contribution < -0.4 is 4.90 Å². The number of rotatable bonds is 0. The van der Waals surface area contributed by atoms with E-state index in [1.165, 1.54) is 84.0 Å². The maximum absolute atomic E-state index is 4.88. The molecule has 3 heterocycles. The molecular weight excluding hydrogens is 424 g/mol. The molecule has 4 aromatic carbocycles. The van der Waals surface area contributed by atoms with Crippen LogP contribution in [0.25, 0.3) is 22.3 Å². The molecule has 1 aromatic heterocycles. The highest BCUT2D eigenvalue weighted by atomic mass is 15.2. The summed E-state index contributed by atoms with van der Waals surface area (Å²) in [5, 5.41) is 0. The summed E-state index contributed by atoms with van der Waals surface area (Å²) in [6, 6.07) is 29.5. The van der Waals surface area contributed by atoms with E-state index in [1.54, 1.807) is 0 Å². The quantitative estimate of drug-likeness (QED) is 0.240. The number of fused-ring (bicyclic) bond motifs is 12. The molecule has 0 fully saturated rings. The summed E-state index contributed by atoms with van der Waals surface area (Å²) in [5.74, 6) is 0. The largest absolute Gasteiger partial charge is 0.307 e. The van der Waals surface area contributed by atoms with Crippen LogP contribution in [0.5, 0.6) is 0 Å². The van der Waals surface area contributed by atoms with Crippen molar-refractivity contribution in [1.29, 1.82) is 0 Å². The molecule has 2 nitrogen and oxygen atoms in total. The van der Waals surface area contributed by atoms with E-state index >= 15 is 0 Å². The fraction of sp³-hybridized carbons (Fsp3) is 0.121. The van der Waals surface area contributed by atoms with E-state index in [1.807, 2.05) is 6.20 Å². The van der Waals surface area contributed by atoms with Crippen molar-refractivity contribution >= 4 is 17.1 Å². The molecule has 9 rings (SSSR count). The Kier molecular flexibility index (Phi) is 3.27. The van der Waals surface area contributed by atoms with Crippen LogP contribution in [-0.2, 0) is 25.7 Å². The molecule has 0 bridgehead atoms. The third kappa shape index (κ3) is 2.23. The van der Waals surface area contributed by atoms with Gasteiger partial charge in [0, 0.05) is 24.6 Å². The van der Waals surface area contributed by atoms with Crippen molar-refractivity contribution in [2.75, 3.05) is 4.90 Å². The van der Waals surface area contributed by atoms with E-state index < -0.39 is 0 Å². The van der Waals surface area contributed by atoms with Crippen LogP contribution >= 0.6 is 0 Å². The normalized spacial score (nSPS) is 14.9. The Morgan fingerprint density at radius 2 is 1.31 bits per heavy atom. The average Bonchev–Trinajstić information content (AvgIpc) is 3.47. The van der Waals surface area contributed by atoms with Crippen LogP contribution in [0.3, 0.4) is 0 Å². The standard InChI is InChI=1S/C33H22N2/c1-3-8-24-20(7-1)15-27-26(24)17-23-18-29-30(10-5-13-34-29)35-32(23)28(27)16-22-12-11-21-14-19-6-2-4-9-25(19)31(21)33(22)35/h1-13,17H,14-16,18H2. The van der Waals surface area contributed by atoms with Gasteiger partial charge in [-0.25, -0.2) is 0 Å². The zero-order chi connectivity index (χ0) is 22.7. The van der Waals surface area contributed by atoms with E-state index in [0.29, 0.717) is 0 Å². The summed E-state index contributed by atoms with van der Waals surface area (Å²) < 4.78 is 0. The predicted octanol–water partition coefficient (Wildman–Crippen LogP) is 7.50. The number of anilines is 3. The lowest BCUT2D eigenvalue weighted by Crippen LogP contribution is -2.27. The van der Waals surface area contributed by atoms with Gasteiger partial charge in [-0.05, 0) is 86.7 Å². The third-order valence-electron chi connectivity index (χ3n) is 8.57. The van der Waals surface area contributed by atoms with Crippen molar-refractivity contribution in [2.45, 2.75) is 25.7 Å². The van der Waals surface area contributed by atoms with Crippen molar-refractivity contribution in [3.8, 4) is 22.3 Å². The maximum atomic E-state index is 4.88. The number of aromatic nitrogens is 1. The lowest BCUT2D eigenvalue weighted by Gasteiger charge is -2.41. The predicted molar refractivity (Wildman–Crippen MR) is 141 cm³/mol. The molecule has 35 heavy (non-hydrogen) atoms. The van der Waals surface area contributed by atoms with E-state index in [9.17, 15) is 0 Å². The van der Waals surface area contributed by atoms with Crippen LogP contribution in [0, 0.1) is 0 Å². The first-order valence-corrected chi connectivity index (χ1v) is 12.6. The van der Waals surface area contributed by atoms with Gasteiger partial charge in [-0.1, -0.05) is 60.7 Å². The van der Waals surface area contributed by atoms with Gasteiger partial charge in [0.25, 0.3) is 0 Å². The van der Waals surface area contributed by atoms with Gasteiger partial charge in [-0.2, -0.15) is 0 Å². The minimum Gasteiger partial charge on any atom is -0.307 e. The highest BCUT2D eigenvalue weighted by molar-refractivity contribution is 6.00. The van der Waals surface area contributed by atoms with Crippen molar-refractivity contribution in [2.24, 2.45) is 0 Å². The summed E-state index contributed by atoms with van der Waals surface area (Å²) in [5.41, 5.74) is 21.1. The van der Waals surface area contributed by atoms with Gasteiger partial charge in [0.2, 0.25) is 0 Å². The summed E-state index contributed by atoms with van der Waals surface area (Å²) in [6.45, 7) is 0. The lowest BCUT2D eigenvalue weighted by atomic mass is 9.81. The van der Waals surface area contributed by atoms with Crippen LogP contribution in [0.1, 0.15) is 44.6 Å². The number of benzene rings is 4. The maximum Gasteiger partial charge on any atom is 0.0688 e. The second-order valence-electron chi connectivity index (χ2n) is 10.3. The average molecular weight is 447 g/mol. The number of hydrogen-bond donors (Lipinski definition) is 0. The molecule has 5 aromatic rings. The van der Waals surface area contributed by atoms with Crippen molar-refractivity contribution in [3.05, 3.63) is 130 Å². The monoisotopic (exact) mass is 446 g/mol. The molecule has 0 N–H and O–H groups in total. The van der Waals surface area contributed by atoms with Crippen LogP contribution in [0.15, 0.2) is 85.1 Å². The Labute approximate surface area is 204 Å². The summed E-state index contributed by atoms with van der Waals surface area (Å²) >= 11 is 0. The van der Waals surface area contributed by atoms with Crippen LogP contribution in [0.2, 0.25) is 0 Å². The summed E-state index contributed by atoms with van der Waals surface area (Å²) in [6.07, 6.45) is 5.89. The minimum atomic E-state index is 0.894. The minimum absolute atomic E-state index is 0.894. The lowest BCUT2D eigenvalue weighted by molar-refractivity contribution is 0.961. The van der Waals surface area contributed by atoms with Crippen LogP contribution in [0.4, 0.5) is 17.1 Å². The smallest absolute Gasteiger partial charge is 0.0688 e. The molecule has 164 valence electrons. The molecule has 0 radical (unpaired) electrons. The second-order valence-corrected chi connectivity index (χ2v) is 10.3. The Hall–Kier alpha value is -4.17. The SMILES string of the molecule is c1ccc2c(c1)Cc1c-2cc2c3c1Cc1ccc4c(c1N3c1cccnc1C2)-c1ccccc1C4. The molecule has 0 unspecified atom stereocenters. The molecule has 2 heteroatoms. The topological polar surface area (TPSA) is 16.1 Å². The van der Waals surface area contributed by atoms with E-state index in [-0.39, 0.29) is 0 Å². The Morgan fingerprint density at radius 3 is 2.23 bits per heavy atom. The molecule has 0 spiro atoms. The van der Waals surface area contributed by atoms with Gasteiger partial charge in [0.05, 0.1) is 22.8 Å². The third-order valence-corrected chi connectivity index (χ3v) is 8.57. The first kappa shape index (κ1) is 18.2. The fourth-order valence-corrected chi connectivity index (χ4v) is 7.14. The zero-order valence-corrected chi connectivity index (χ0v) is 19.3. The van der Waals surface area contributed by atoms with Gasteiger partial charge in [0.1, 0.15) is 0 Å². The highest BCUT2D eigenvalue weighted by Gasteiger charge is 2.39. The first-order valence-electron chi connectivity index (χ1n) is 12.6. The van der Waals surface area contributed by atoms with Gasteiger partial charge in [-0.3, -0.25) is 4.98 Å². The fourth-order valence-electron chi connectivity index (χ4n) is 7.14. The Bertz CT molecular complexity index is 1760. The van der Waals surface area contributed by atoms with E-state index in [0.717, 1.165) is 25.7 Å². The van der Waals surface area contributed by atoms with Gasteiger partial charge >= 0.3 is 0 Å². The second kappa shape index (κ2) is 6.28. The molecule has 0 saturated heterocycles. The van der Waals surface area contributed by atoms with Gasteiger partial charge in [0.15, 0.2) is 0 Å². The molecule has 2 aliphatic heterocycles. The number of pyridine rings is 1. The number of nitrogens with zero attached hydrogens (tertiary/aromatic N) is 2. The molecular formula is C33H22N2. The van der Waals surface area contributed by atoms with E-state index in [2.05, 4.69) is 83.8 Å². The number of hydrogen-bond acceptors (Lipinski definition) is 2. The molecule has 2 aliphatic carbocycles. The first-order chi connectivity index (χ1) is 17.3. The van der Waals surface area contributed by atoms with Crippen molar-refractivity contribution in [1.82, 2.24) is 4.98 Å². The van der Waals surface area contributed by atoms with Gasteiger partial charge in [-0.15, -0.1) is 0 Å². The van der Waals surface area contributed by atoms with Crippen molar-refractivity contribution in [3.63, 3.8) is 0 Å². The molecule has 0 atom stereocenters. The summed E-state index contributed by atoms with van der Waals surface area (Å²) in [4.78, 5) is 7.46. The molecule has 0 amide bonds. The molecule has 0 saturated carbocycles. The summed E-state index contributed by atoms with van der Waals surface area (Å²) in [7, 11) is 0. The van der Waals surface area contributed by atoms with E-state index in [4.69, 9.17) is 4.98 Å². The molecule has 4 aliphatic rings.